The van der Waals surface area contributed by atoms with Gasteiger partial charge in [-0.1, -0.05) is 13.8 Å². The number of nitrogens with one attached hydrogen (secondary N) is 2. The van der Waals surface area contributed by atoms with E-state index in [-0.39, 0.29) is 23.1 Å². The van der Waals surface area contributed by atoms with Gasteiger partial charge in [0.2, 0.25) is 11.8 Å². The second-order valence-corrected chi connectivity index (χ2v) is 5.62. The van der Waals surface area contributed by atoms with E-state index in [4.69, 9.17) is 0 Å². The maximum absolute atomic E-state index is 12.7. The van der Waals surface area contributed by atoms with Crippen LogP contribution < -0.4 is 10.6 Å². The van der Waals surface area contributed by atoms with E-state index in [1.54, 1.807) is 19.0 Å². The molecule has 1 heterocycles. The molecule has 1 rings (SSSR count). The Morgan fingerprint density at radius 3 is 2.63 bits per heavy atom. The molecule has 0 spiro atoms. The Hall–Kier alpha value is -1.10. The van der Waals surface area contributed by atoms with Gasteiger partial charge in [-0.3, -0.25) is 9.59 Å². The first-order valence-electron chi connectivity index (χ1n) is 7.14. The van der Waals surface area contributed by atoms with Gasteiger partial charge >= 0.3 is 0 Å². The van der Waals surface area contributed by atoms with Crippen LogP contribution >= 0.6 is 0 Å². The molecule has 0 radical (unpaired) electrons. The van der Waals surface area contributed by atoms with Crippen molar-refractivity contribution >= 4 is 11.8 Å². The zero-order chi connectivity index (χ0) is 14.5. The Labute approximate surface area is 116 Å². The van der Waals surface area contributed by atoms with Crippen LogP contribution in [-0.2, 0) is 9.59 Å². The zero-order valence-electron chi connectivity index (χ0n) is 12.6. The van der Waals surface area contributed by atoms with Gasteiger partial charge in [0.15, 0.2) is 0 Å². The molecule has 0 saturated carbocycles. The van der Waals surface area contributed by atoms with Crippen molar-refractivity contribution < 1.29 is 9.59 Å². The van der Waals surface area contributed by atoms with Crippen LogP contribution in [0.1, 0.15) is 33.1 Å². The van der Waals surface area contributed by atoms with E-state index in [9.17, 15) is 9.59 Å². The summed E-state index contributed by atoms with van der Waals surface area (Å²) in [4.78, 5) is 25.9. The van der Waals surface area contributed by atoms with Crippen LogP contribution in [0.25, 0.3) is 0 Å². The third-order valence-electron chi connectivity index (χ3n) is 4.19. The zero-order valence-corrected chi connectivity index (χ0v) is 12.6. The molecule has 5 nitrogen and oxygen atoms in total. The van der Waals surface area contributed by atoms with Crippen LogP contribution in [0, 0.1) is 11.3 Å². The largest absolute Gasteiger partial charge is 0.359 e. The Bertz CT molecular complexity index is 325. The lowest BCUT2D eigenvalue weighted by Crippen LogP contribution is -2.52. The van der Waals surface area contributed by atoms with Gasteiger partial charge in [-0.15, -0.1) is 0 Å². The average molecular weight is 269 g/mol. The first-order chi connectivity index (χ1) is 8.96. The topological polar surface area (TPSA) is 61.4 Å². The maximum atomic E-state index is 12.7. The Morgan fingerprint density at radius 2 is 2.16 bits per heavy atom. The van der Waals surface area contributed by atoms with E-state index >= 15 is 0 Å². The second-order valence-electron chi connectivity index (χ2n) is 5.62. The molecule has 1 saturated heterocycles. The van der Waals surface area contributed by atoms with E-state index in [0.717, 1.165) is 32.4 Å². The van der Waals surface area contributed by atoms with E-state index in [1.165, 1.54) is 0 Å². The Balaban J connectivity index is 2.66. The van der Waals surface area contributed by atoms with Gasteiger partial charge in [-0.2, -0.15) is 0 Å². The first kappa shape index (κ1) is 16.0. The van der Waals surface area contributed by atoms with E-state index < -0.39 is 0 Å². The highest BCUT2D eigenvalue weighted by Gasteiger charge is 2.39. The molecule has 0 aliphatic carbocycles. The van der Waals surface area contributed by atoms with Crippen LogP contribution in [0.2, 0.25) is 0 Å². The number of piperidine rings is 1. The van der Waals surface area contributed by atoms with Gasteiger partial charge < -0.3 is 15.5 Å². The summed E-state index contributed by atoms with van der Waals surface area (Å²) in [6, 6.07) is 0. The first-order valence-corrected chi connectivity index (χ1v) is 7.14. The number of amides is 2. The van der Waals surface area contributed by atoms with Crippen molar-refractivity contribution in [3.8, 4) is 0 Å². The van der Waals surface area contributed by atoms with Gasteiger partial charge in [-0.05, 0) is 25.8 Å². The number of carbonyl (C=O) groups is 2. The molecule has 0 bridgehead atoms. The van der Waals surface area contributed by atoms with Crippen molar-refractivity contribution in [1.29, 1.82) is 0 Å². The van der Waals surface area contributed by atoms with E-state index in [2.05, 4.69) is 17.6 Å². The fourth-order valence-corrected chi connectivity index (χ4v) is 2.83. The summed E-state index contributed by atoms with van der Waals surface area (Å²) in [7, 11) is 3.42. The predicted molar refractivity (Wildman–Crippen MR) is 75.7 cm³/mol. The minimum atomic E-state index is -0.282. The number of hydrogen-bond donors (Lipinski definition) is 2. The molecule has 0 aromatic carbocycles. The molecule has 5 heteroatoms. The summed E-state index contributed by atoms with van der Waals surface area (Å²) in [5.74, 6) is -0.0330. The molecule has 0 aromatic rings. The highest BCUT2D eigenvalue weighted by Crippen LogP contribution is 2.32. The maximum Gasteiger partial charge on any atom is 0.229 e. The summed E-state index contributed by atoms with van der Waals surface area (Å²) in [5, 5.41) is 5.95. The number of hydrogen-bond acceptors (Lipinski definition) is 3. The molecule has 1 aliphatic heterocycles. The lowest BCUT2D eigenvalue weighted by Gasteiger charge is -2.38. The van der Waals surface area contributed by atoms with Crippen molar-refractivity contribution in [3.63, 3.8) is 0 Å². The van der Waals surface area contributed by atoms with Crippen LogP contribution in [0.15, 0.2) is 0 Å². The number of rotatable bonds is 5. The minimum Gasteiger partial charge on any atom is -0.359 e. The summed E-state index contributed by atoms with van der Waals surface area (Å²) >= 11 is 0. The van der Waals surface area contributed by atoms with Gasteiger partial charge in [0.25, 0.3) is 0 Å². The smallest absolute Gasteiger partial charge is 0.229 e. The van der Waals surface area contributed by atoms with Gasteiger partial charge in [-0.25, -0.2) is 0 Å². The quantitative estimate of drug-likeness (QED) is 0.768. The van der Waals surface area contributed by atoms with Crippen molar-refractivity contribution in [3.05, 3.63) is 0 Å². The molecule has 1 fully saturated rings. The van der Waals surface area contributed by atoms with E-state index in [1.807, 2.05) is 6.92 Å². The van der Waals surface area contributed by atoms with E-state index in [0.29, 0.717) is 6.54 Å². The van der Waals surface area contributed by atoms with Crippen molar-refractivity contribution in [2.24, 2.45) is 11.3 Å². The van der Waals surface area contributed by atoms with Crippen LogP contribution in [0.5, 0.6) is 0 Å². The normalized spacial score (nSPS) is 24.6. The number of carbonyl (C=O) groups excluding carboxylic acids is 2. The summed E-state index contributed by atoms with van der Waals surface area (Å²) in [6.45, 7) is 6.13. The van der Waals surface area contributed by atoms with Crippen LogP contribution in [0.4, 0.5) is 0 Å². The lowest BCUT2D eigenvalue weighted by atomic mass is 9.77. The van der Waals surface area contributed by atoms with Gasteiger partial charge in [0.1, 0.15) is 0 Å². The minimum absolute atomic E-state index is 0.0213. The van der Waals surface area contributed by atoms with Crippen molar-refractivity contribution in [2.75, 3.05) is 33.7 Å². The Morgan fingerprint density at radius 1 is 1.47 bits per heavy atom. The molecular weight excluding hydrogens is 242 g/mol. The van der Waals surface area contributed by atoms with Gasteiger partial charge in [0.05, 0.1) is 11.3 Å². The fraction of sp³-hybridized carbons (Fsp3) is 0.857. The molecule has 1 aliphatic rings. The third-order valence-corrected chi connectivity index (χ3v) is 4.19. The predicted octanol–water partition coefficient (Wildman–Crippen LogP) is 0.607. The summed E-state index contributed by atoms with van der Waals surface area (Å²) < 4.78 is 0. The molecule has 2 unspecified atom stereocenters. The standard InChI is InChI=1S/C14H27N3O2/c1-5-14(7-6-8-16-10-14)13(19)17(4)9-11(2)12(18)15-3/h11,16H,5-10H2,1-4H3,(H,15,18). The van der Waals surface area contributed by atoms with Gasteiger partial charge in [0, 0.05) is 27.2 Å². The monoisotopic (exact) mass is 269 g/mol. The molecule has 0 aromatic heterocycles. The fourth-order valence-electron chi connectivity index (χ4n) is 2.83. The van der Waals surface area contributed by atoms with Crippen molar-refractivity contribution in [1.82, 2.24) is 15.5 Å². The molecule has 2 amide bonds. The molecule has 2 N–H and O–H groups in total. The Kier molecular flexibility index (Phi) is 5.79. The molecule has 19 heavy (non-hydrogen) atoms. The molecular formula is C14H27N3O2. The average Bonchev–Trinajstić information content (AvgIpc) is 2.45. The SMILES string of the molecule is CCC1(C(=O)N(C)CC(C)C(=O)NC)CCCNC1. The third kappa shape index (κ3) is 3.69. The highest BCUT2D eigenvalue weighted by molar-refractivity contribution is 5.84. The molecule has 110 valence electrons. The summed E-state index contributed by atoms with van der Waals surface area (Å²) in [5.41, 5.74) is -0.282. The molecule has 2 atom stereocenters. The number of nitrogens with zero attached hydrogens (tertiary/aromatic N) is 1. The lowest BCUT2D eigenvalue weighted by molar-refractivity contribution is -0.143. The van der Waals surface area contributed by atoms with Crippen LogP contribution in [-0.4, -0.2) is 50.4 Å². The van der Waals surface area contributed by atoms with Crippen LogP contribution in [0.3, 0.4) is 0 Å². The highest BCUT2D eigenvalue weighted by atomic mass is 16.2. The summed E-state index contributed by atoms with van der Waals surface area (Å²) in [6.07, 6.45) is 2.82. The second kappa shape index (κ2) is 6.89. The van der Waals surface area contributed by atoms with Crippen molar-refractivity contribution in [2.45, 2.75) is 33.1 Å².